The number of benzene rings is 2. The van der Waals surface area contributed by atoms with E-state index >= 15 is 0 Å². The van der Waals surface area contributed by atoms with Crippen LogP contribution in [0.4, 0.5) is 4.39 Å². The summed E-state index contributed by atoms with van der Waals surface area (Å²) in [6, 6.07) is 18.5. The Bertz CT molecular complexity index is 567. The lowest BCUT2D eigenvalue weighted by molar-refractivity contribution is 0.519. The average Bonchev–Trinajstić information content (AvgIpc) is 3.21. The highest BCUT2D eigenvalue weighted by Gasteiger charge is 2.38. The van der Waals surface area contributed by atoms with Crippen LogP contribution in [0.3, 0.4) is 0 Å². The van der Waals surface area contributed by atoms with Crippen molar-refractivity contribution in [3.8, 4) is 0 Å². The van der Waals surface area contributed by atoms with E-state index in [2.05, 4.69) is 42.6 Å². The molecule has 1 fully saturated rings. The Kier molecular flexibility index (Phi) is 3.83. The second-order valence-electron chi connectivity index (χ2n) is 5.72. The Balaban J connectivity index is 1.54. The van der Waals surface area contributed by atoms with Gasteiger partial charge in [0.25, 0.3) is 0 Å². The van der Waals surface area contributed by atoms with Gasteiger partial charge in [-0.15, -0.1) is 0 Å². The maximum Gasteiger partial charge on any atom is 0.126 e. The van der Waals surface area contributed by atoms with Crippen LogP contribution < -0.4 is 5.32 Å². The van der Waals surface area contributed by atoms with E-state index in [4.69, 9.17) is 0 Å². The van der Waals surface area contributed by atoms with Crippen molar-refractivity contribution in [3.05, 3.63) is 71.5 Å². The molecule has 0 aliphatic heterocycles. The maximum atomic E-state index is 13.6. The molecule has 1 N–H and O–H groups in total. The molecule has 1 nitrogen and oxygen atoms in total. The third-order valence-corrected chi connectivity index (χ3v) is 4.00. The molecule has 3 unspecified atom stereocenters. The molecular formula is C18H20FN. The molecule has 0 heterocycles. The molecule has 2 aromatic rings. The monoisotopic (exact) mass is 269 g/mol. The zero-order valence-electron chi connectivity index (χ0n) is 11.7. The first kappa shape index (κ1) is 13.3. The lowest BCUT2D eigenvalue weighted by atomic mass is 10.1. The van der Waals surface area contributed by atoms with E-state index in [0.29, 0.717) is 18.0 Å². The van der Waals surface area contributed by atoms with Crippen LogP contribution >= 0.6 is 0 Å². The molecule has 0 spiro atoms. The van der Waals surface area contributed by atoms with Crippen LogP contribution in [-0.2, 0) is 6.42 Å². The molecule has 0 saturated heterocycles. The predicted molar refractivity (Wildman–Crippen MR) is 80.3 cm³/mol. The van der Waals surface area contributed by atoms with Crippen LogP contribution in [-0.4, -0.2) is 12.1 Å². The first-order valence-electron chi connectivity index (χ1n) is 7.28. The Morgan fingerprint density at radius 3 is 2.55 bits per heavy atom. The van der Waals surface area contributed by atoms with Crippen LogP contribution in [0.2, 0.25) is 0 Å². The molecule has 104 valence electrons. The summed E-state index contributed by atoms with van der Waals surface area (Å²) in [4.78, 5) is 0. The second kappa shape index (κ2) is 5.76. The average molecular weight is 269 g/mol. The van der Waals surface area contributed by atoms with Crippen LogP contribution in [0, 0.1) is 5.82 Å². The van der Waals surface area contributed by atoms with Gasteiger partial charge in [-0.2, -0.15) is 0 Å². The van der Waals surface area contributed by atoms with Crippen molar-refractivity contribution in [1.29, 1.82) is 0 Å². The summed E-state index contributed by atoms with van der Waals surface area (Å²) in [7, 11) is 0. The minimum Gasteiger partial charge on any atom is -0.311 e. The minimum atomic E-state index is -0.100. The molecule has 3 atom stereocenters. The molecule has 0 amide bonds. The van der Waals surface area contributed by atoms with Gasteiger partial charge >= 0.3 is 0 Å². The molecular weight excluding hydrogens is 249 g/mol. The van der Waals surface area contributed by atoms with Gasteiger partial charge in [-0.05, 0) is 37.0 Å². The highest BCUT2D eigenvalue weighted by atomic mass is 19.1. The SMILES string of the molecule is CC(Cc1ccccc1F)NC1CC1c1ccccc1. The van der Waals surface area contributed by atoms with E-state index in [1.54, 1.807) is 6.07 Å². The molecule has 1 aliphatic carbocycles. The van der Waals surface area contributed by atoms with Crippen molar-refractivity contribution in [3.63, 3.8) is 0 Å². The molecule has 0 radical (unpaired) electrons. The van der Waals surface area contributed by atoms with Gasteiger partial charge in [0.15, 0.2) is 0 Å². The topological polar surface area (TPSA) is 12.0 Å². The van der Waals surface area contributed by atoms with Crippen molar-refractivity contribution in [2.45, 2.75) is 37.8 Å². The van der Waals surface area contributed by atoms with E-state index in [1.165, 1.54) is 18.1 Å². The quantitative estimate of drug-likeness (QED) is 0.868. The van der Waals surface area contributed by atoms with Crippen molar-refractivity contribution in [2.24, 2.45) is 0 Å². The number of nitrogens with one attached hydrogen (secondary N) is 1. The van der Waals surface area contributed by atoms with Gasteiger partial charge in [-0.25, -0.2) is 4.39 Å². The first-order valence-corrected chi connectivity index (χ1v) is 7.28. The molecule has 20 heavy (non-hydrogen) atoms. The number of rotatable bonds is 5. The lowest BCUT2D eigenvalue weighted by Crippen LogP contribution is -2.31. The molecule has 2 aromatic carbocycles. The Hall–Kier alpha value is -1.67. The first-order chi connectivity index (χ1) is 9.74. The third-order valence-electron chi connectivity index (χ3n) is 4.00. The van der Waals surface area contributed by atoms with E-state index in [9.17, 15) is 4.39 Å². The van der Waals surface area contributed by atoms with Gasteiger partial charge < -0.3 is 5.32 Å². The largest absolute Gasteiger partial charge is 0.311 e. The van der Waals surface area contributed by atoms with Gasteiger partial charge in [0, 0.05) is 18.0 Å². The van der Waals surface area contributed by atoms with Crippen molar-refractivity contribution < 1.29 is 4.39 Å². The molecule has 1 aliphatic rings. The second-order valence-corrected chi connectivity index (χ2v) is 5.72. The number of hydrogen-bond acceptors (Lipinski definition) is 1. The summed E-state index contributed by atoms with van der Waals surface area (Å²) in [5, 5.41) is 3.61. The van der Waals surface area contributed by atoms with Crippen LogP contribution in [0.15, 0.2) is 54.6 Å². The summed E-state index contributed by atoms with van der Waals surface area (Å²) in [5.41, 5.74) is 2.20. The van der Waals surface area contributed by atoms with Gasteiger partial charge in [-0.3, -0.25) is 0 Å². The predicted octanol–water partition coefficient (Wildman–Crippen LogP) is 3.90. The normalized spacial score (nSPS) is 22.5. The fourth-order valence-electron chi connectivity index (χ4n) is 2.87. The molecule has 3 rings (SSSR count). The Morgan fingerprint density at radius 1 is 1.10 bits per heavy atom. The fourth-order valence-corrected chi connectivity index (χ4v) is 2.87. The molecule has 0 aromatic heterocycles. The van der Waals surface area contributed by atoms with E-state index in [-0.39, 0.29) is 5.82 Å². The van der Waals surface area contributed by atoms with Gasteiger partial charge in [0.2, 0.25) is 0 Å². The van der Waals surface area contributed by atoms with Crippen LogP contribution in [0.5, 0.6) is 0 Å². The van der Waals surface area contributed by atoms with E-state index in [0.717, 1.165) is 12.0 Å². The highest BCUT2D eigenvalue weighted by molar-refractivity contribution is 5.28. The summed E-state index contributed by atoms with van der Waals surface area (Å²) < 4.78 is 13.6. The zero-order valence-corrected chi connectivity index (χ0v) is 11.7. The summed E-state index contributed by atoms with van der Waals surface area (Å²) in [5.74, 6) is 0.524. The Morgan fingerprint density at radius 2 is 1.80 bits per heavy atom. The van der Waals surface area contributed by atoms with Gasteiger partial charge in [0.1, 0.15) is 5.82 Å². The van der Waals surface area contributed by atoms with Crippen molar-refractivity contribution >= 4 is 0 Å². The standard InChI is InChI=1S/C18H20FN/c1-13(11-15-9-5-6-10-17(15)19)20-18-12-16(18)14-7-3-2-4-8-14/h2-10,13,16,18,20H,11-12H2,1H3. The van der Waals surface area contributed by atoms with Crippen LogP contribution in [0.25, 0.3) is 0 Å². The molecule has 1 saturated carbocycles. The van der Waals surface area contributed by atoms with Crippen LogP contribution in [0.1, 0.15) is 30.4 Å². The lowest BCUT2D eigenvalue weighted by Gasteiger charge is -2.14. The summed E-state index contributed by atoms with van der Waals surface area (Å²) in [6.45, 7) is 2.13. The van der Waals surface area contributed by atoms with Gasteiger partial charge in [0.05, 0.1) is 0 Å². The van der Waals surface area contributed by atoms with Gasteiger partial charge in [-0.1, -0.05) is 48.5 Å². The number of hydrogen-bond donors (Lipinski definition) is 1. The number of halogens is 1. The Labute approximate surface area is 119 Å². The summed E-state index contributed by atoms with van der Waals surface area (Å²) in [6.07, 6.45) is 1.93. The van der Waals surface area contributed by atoms with Crippen molar-refractivity contribution in [2.75, 3.05) is 0 Å². The fraction of sp³-hybridized carbons (Fsp3) is 0.333. The smallest absolute Gasteiger partial charge is 0.126 e. The maximum absolute atomic E-state index is 13.6. The molecule has 2 heteroatoms. The van der Waals surface area contributed by atoms with Crippen molar-refractivity contribution in [1.82, 2.24) is 5.32 Å². The minimum absolute atomic E-state index is 0.100. The zero-order chi connectivity index (χ0) is 13.9. The molecule has 0 bridgehead atoms. The summed E-state index contributed by atoms with van der Waals surface area (Å²) >= 11 is 0. The van der Waals surface area contributed by atoms with E-state index < -0.39 is 0 Å². The van der Waals surface area contributed by atoms with E-state index in [1.807, 2.05) is 12.1 Å². The third kappa shape index (κ3) is 3.07. The highest BCUT2D eigenvalue weighted by Crippen LogP contribution is 2.40.